The van der Waals surface area contributed by atoms with Crippen molar-refractivity contribution >= 4 is 17.9 Å². The Balaban J connectivity index is 4.09. The third-order valence-corrected chi connectivity index (χ3v) is 15.4. The Morgan fingerprint density at radius 3 is 0.790 bits per heavy atom. The molecule has 81 heavy (non-hydrogen) atoms. The molecule has 0 aromatic rings. The molecule has 0 aliphatic carbocycles. The monoisotopic (exact) mass is 1130 g/mol. The van der Waals surface area contributed by atoms with Gasteiger partial charge in [0.1, 0.15) is 13.2 Å². The number of hydrogen-bond acceptors (Lipinski definition) is 6. The van der Waals surface area contributed by atoms with Crippen LogP contribution in [0.3, 0.4) is 0 Å². The first-order valence-corrected chi connectivity index (χ1v) is 35.1. The number of hydrogen-bond donors (Lipinski definition) is 0. The van der Waals surface area contributed by atoms with Gasteiger partial charge in [0.2, 0.25) is 0 Å². The molecule has 0 aromatic heterocycles. The molecular formula is C75H132O6. The average molecular weight is 1130 g/mol. The molecule has 0 aliphatic heterocycles. The molecule has 0 aliphatic rings. The molecule has 6 heteroatoms. The van der Waals surface area contributed by atoms with Crippen LogP contribution in [-0.4, -0.2) is 37.2 Å². The maximum atomic E-state index is 12.9. The van der Waals surface area contributed by atoms with Gasteiger partial charge in [-0.1, -0.05) is 305 Å². The van der Waals surface area contributed by atoms with Gasteiger partial charge in [-0.05, 0) is 116 Å². The van der Waals surface area contributed by atoms with Crippen LogP contribution in [0.5, 0.6) is 0 Å². The number of esters is 3. The van der Waals surface area contributed by atoms with Crippen molar-refractivity contribution in [2.75, 3.05) is 13.2 Å². The van der Waals surface area contributed by atoms with Crippen molar-refractivity contribution in [1.82, 2.24) is 0 Å². The maximum Gasteiger partial charge on any atom is 0.306 e. The lowest BCUT2D eigenvalue weighted by Crippen LogP contribution is -2.30. The lowest BCUT2D eigenvalue weighted by atomic mass is 10.0. The first kappa shape index (κ1) is 77.6. The Morgan fingerprint density at radius 2 is 0.481 bits per heavy atom. The van der Waals surface area contributed by atoms with E-state index < -0.39 is 6.10 Å². The quantitative estimate of drug-likeness (QED) is 0.0261. The van der Waals surface area contributed by atoms with Crippen molar-refractivity contribution in [2.45, 2.75) is 361 Å². The summed E-state index contributed by atoms with van der Waals surface area (Å²) >= 11 is 0. The van der Waals surface area contributed by atoms with E-state index in [2.05, 4.69) is 106 Å². The van der Waals surface area contributed by atoms with Crippen LogP contribution in [0.4, 0.5) is 0 Å². The van der Waals surface area contributed by atoms with E-state index >= 15 is 0 Å². The Morgan fingerprint density at radius 1 is 0.259 bits per heavy atom. The second-order valence-corrected chi connectivity index (χ2v) is 23.4. The molecule has 0 radical (unpaired) electrons. The molecule has 0 rings (SSSR count). The predicted molar refractivity (Wildman–Crippen MR) is 353 cm³/mol. The summed E-state index contributed by atoms with van der Waals surface area (Å²) in [5, 5.41) is 0. The molecule has 0 bridgehead atoms. The second kappa shape index (κ2) is 69.1. The topological polar surface area (TPSA) is 78.9 Å². The van der Waals surface area contributed by atoms with E-state index in [0.29, 0.717) is 19.3 Å². The molecule has 0 N–H and O–H groups in total. The molecule has 1 unspecified atom stereocenters. The smallest absolute Gasteiger partial charge is 0.306 e. The molecule has 468 valence electrons. The fourth-order valence-corrected chi connectivity index (χ4v) is 10.1. The van der Waals surface area contributed by atoms with Gasteiger partial charge in [0.25, 0.3) is 0 Å². The molecular weight excluding hydrogens is 997 g/mol. The summed E-state index contributed by atoms with van der Waals surface area (Å²) in [4.78, 5) is 38.3. The largest absolute Gasteiger partial charge is 0.462 e. The lowest BCUT2D eigenvalue weighted by Gasteiger charge is -2.18. The Bertz CT molecular complexity index is 1530. The predicted octanol–water partition coefficient (Wildman–Crippen LogP) is 24.2. The average Bonchev–Trinajstić information content (AvgIpc) is 3.46. The Kier molecular flexibility index (Phi) is 66.2. The summed E-state index contributed by atoms with van der Waals surface area (Å²) in [6.07, 6.45) is 92.1. The van der Waals surface area contributed by atoms with Gasteiger partial charge in [-0.15, -0.1) is 0 Å². The van der Waals surface area contributed by atoms with Crippen LogP contribution in [0, 0.1) is 0 Å². The van der Waals surface area contributed by atoms with Gasteiger partial charge in [0.05, 0.1) is 0 Å². The van der Waals surface area contributed by atoms with Gasteiger partial charge in [0.15, 0.2) is 6.10 Å². The Hall–Kier alpha value is -3.41. The van der Waals surface area contributed by atoms with Crippen molar-refractivity contribution in [1.29, 1.82) is 0 Å². The van der Waals surface area contributed by atoms with Crippen molar-refractivity contribution in [3.05, 3.63) is 85.1 Å². The summed E-state index contributed by atoms with van der Waals surface area (Å²) in [7, 11) is 0. The highest BCUT2D eigenvalue weighted by Crippen LogP contribution is 2.18. The SMILES string of the molecule is CC/C=C\C/C=C\C/C=C\CCCCCC(=O)OCC(COC(=O)CCCCCCCCCCCCCCCCCCCCCCCCC/C=C\C/C=C\CCCCCCC)OC(=O)CCCCCCC/C=C\C/C=C\CCCCC. The molecule has 0 fully saturated rings. The minimum absolute atomic E-state index is 0.0887. The third-order valence-electron chi connectivity index (χ3n) is 15.4. The van der Waals surface area contributed by atoms with E-state index in [1.165, 1.54) is 199 Å². The van der Waals surface area contributed by atoms with Gasteiger partial charge >= 0.3 is 17.9 Å². The summed E-state index contributed by atoms with van der Waals surface area (Å²) in [5.74, 6) is -0.919. The van der Waals surface area contributed by atoms with E-state index in [0.717, 1.165) is 116 Å². The van der Waals surface area contributed by atoms with Crippen LogP contribution in [0.25, 0.3) is 0 Å². The Labute approximate surface area is 503 Å². The molecule has 0 spiro atoms. The van der Waals surface area contributed by atoms with Gasteiger partial charge in [0, 0.05) is 19.3 Å². The fourth-order valence-electron chi connectivity index (χ4n) is 10.1. The minimum atomic E-state index is -0.795. The fraction of sp³-hybridized carbons (Fsp3) is 0.773. The number of unbranched alkanes of at least 4 members (excludes halogenated alkanes) is 39. The number of ether oxygens (including phenoxy) is 3. The molecule has 1 atom stereocenters. The normalized spacial score (nSPS) is 12.6. The zero-order chi connectivity index (χ0) is 58.5. The van der Waals surface area contributed by atoms with Crippen LogP contribution in [0.15, 0.2) is 85.1 Å². The van der Waals surface area contributed by atoms with Crippen LogP contribution in [0.1, 0.15) is 355 Å². The zero-order valence-corrected chi connectivity index (χ0v) is 53.8. The number of carbonyl (C=O) groups excluding carboxylic acids is 3. The molecule has 0 heterocycles. The third kappa shape index (κ3) is 67.3. The van der Waals surface area contributed by atoms with E-state index in [1.807, 2.05) is 0 Å². The van der Waals surface area contributed by atoms with Crippen molar-refractivity contribution < 1.29 is 28.6 Å². The highest BCUT2D eigenvalue weighted by molar-refractivity contribution is 5.71. The summed E-state index contributed by atoms with van der Waals surface area (Å²) in [6, 6.07) is 0. The zero-order valence-electron chi connectivity index (χ0n) is 53.8. The maximum absolute atomic E-state index is 12.9. The first-order chi connectivity index (χ1) is 40.0. The van der Waals surface area contributed by atoms with Crippen LogP contribution in [-0.2, 0) is 28.6 Å². The lowest BCUT2D eigenvalue weighted by molar-refractivity contribution is -0.167. The highest BCUT2D eigenvalue weighted by Gasteiger charge is 2.19. The van der Waals surface area contributed by atoms with Crippen LogP contribution in [0.2, 0.25) is 0 Å². The van der Waals surface area contributed by atoms with Crippen molar-refractivity contribution in [2.24, 2.45) is 0 Å². The summed E-state index contributed by atoms with van der Waals surface area (Å²) in [5.41, 5.74) is 0. The summed E-state index contributed by atoms with van der Waals surface area (Å²) in [6.45, 7) is 6.49. The second-order valence-electron chi connectivity index (χ2n) is 23.4. The molecule has 6 nitrogen and oxygen atoms in total. The highest BCUT2D eigenvalue weighted by atomic mass is 16.6. The number of allylic oxidation sites excluding steroid dienone is 14. The van der Waals surface area contributed by atoms with Crippen LogP contribution < -0.4 is 0 Å². The summed E-state index contributed by atoms with van der Waals surface area (Å²) < 4.78 is 16.9. The van der Waals surface area contributed by atoms with Gasteiger partial charge in [-0.3, -0.25) is 14.4 Å². The van der Waals surface area contributed by atoms with Crippen molar-refractivity contribution in [3.8, 4) is 0 Å². The number of carbonyl (C=O) groups is 3. The van der Waals surface area contributed by atoms with E-state index in [9.17, 15) is 14.4 Å². The van der Waals surface area contributed by atoms with Crippen LogP contribution >= 0.6 is 0 Å². The van der Waals surface area contributed by atoms with Crippen molar-refractivity contribution in [3.63, 3.8) is 0 Å². The molecule has 0 saturated heterocycles. The molecule has 0 amide bonds. The van der Waals surface area contributed by atoms with Gasteiger partial charge in [-0.25, -0.2) is 0 Å². The molecule has 0 aromatic carbocycles. The molecule has 0 saturated carbocycles. The van der Waals surface area contributed by atoms with E-state index in [4.69, 9.17) is 14.2 Å². The first-order valence-electron chi connectivity index (χ1n) is 35.1. The van der Waals surface area contributed by atoms with Gasteiger partial charge in [-0.2, -0.15) is 0 Å². The van der Waals surface area contributed by atoms with Gasteiger partial charge < -0.3 is 14.2 Å². The minimum Gasteiger partial charge on any atom is -0.462 e. The van der Waals surface area contributed by atoms with E-state index in [1.54, 1.807) is 0 Å². The standard InChI is InChI=1S/C75H132O6/c1-4-7-10-13-16-19-22-25-27-28-29-30-31-32-33-34-35-36-37-38-39-40-41-42-43-44-45-46-48-50-53-56-59-62-65-68-74(77)80-71-72(70-79-73(76)67-64-61-58-55-52-49-24-21-18-15-12-9-6-3)81-75(78)69-66-63-60-57-54-51-47-26-23-20-17-14-11-8-5-2/h9,12,17-18,20-22,25-26,28-29,47,49,52,72H,4-8,10-11,13-16,19,23-24,27,30-46,48,50-51,53-71H2,1-3H3/b12-9-,20-17-,21-18-,25-22-,29-28-,47-26-,52-49-. The van der Waals surface area contributed by atoms with E-state index in [-0.39, 0.29) is 31.1 Å². The number of rotatable bonds is 64.